The molecule has 0 saturated heterocycles. The summed E-state index contributed by atoms with van der Waals surface area (Å²) in [5.74, 6) is 0.484. The van der Waals surface area contributed by atoms with Gasteiger partial charge in [0.05, 0.1) is 6.26 Å². The molecule has 1 aliphatic carbocycles. The molecule has 0 bridgehead atoms. The summed E-state index contributed by atoms with van der Waals surface area (Å²) in [7, 11) is 0. The van der Waals surface area contributed by atoms with Gasteiger partial charge in [-0.25, -0.2) is 0 Å². The summed E-state index contributed by atoms with van der Waals surface area (Å²) in [6, 6.07) is 3.89. The van der Waals surface area contributed by atoms with Gasteiger partial charge in [-0.2, -0.15) is 0 Å². The van der Waals surface area contributed by atoms with E-state index < -0.39 is 0 Å². The number of carbonyl (C=O) groups is 1. The zero-order chi connectivity index (χ0) is 12.1. The summed E-state index contributed by atoms with van der Waals surface area (Å²) < 4.78 is 5.21. The molecular formula is C13H18BrNO2. The normalized spacial score (nSPS) is 17.0. The van der Waals surface area contributed by atoms with Gasteiger partial charge in [-0.1, -0.05) is 35.2 Å². The molecule has 1 heterocycles. The Hall–Kier alpha value is -0.770. The molecule has 1 saturated carbocycles. The number of amides is 1. The molecule has 1 aliphatic rings. The molecule has 1 fully saturated rings. The molecular weight excluding hydrogens is 282 g/mol. The Kier molecular flexibility index (Phi) is 4.66. The van der Waals surface area contributed by atoms with E-state index in [-0.39, 0.29) is 5.91 Å². The topological polar surface area (TPSA) is 33.5 Å². The van der Waals surface area contributed by atoms with Crippen molar-refractivity contribution in [2.45, 2.75) is 38.1 Å². The molecule has 0 aromatic carbocycles. The van der Waals surface area contributed by atoms with Gasteiger partial charge in [0.2, 0.25) is 0 Å². The van der Waals surface area contributed by atoms with Gasteiger partial charge < -0.3 is 9.32 Å². The van der Waals surface area contributed by atoms with Crippen molar-refractivity contribution in [3.05, 3.63) is 24.2 Å². The third-order valence-corrected chi connectivity index (χ3v) is 3.69. The molecule has 0 radical (unpaired) electrons. The average Bonchev–Trinajstić information content (AvgIpc) is 2.90. The van der Waals surface area contributed by atoms with Crippen molar-refractivity contribution in [1.29, 1.82) is 0 Å². The van der Waals surface area contributed by atoms with Crippen molar-refractivity contribution in [3.63, 3.8) is 0 Å². The lowest BCUT2D eigenvalue weighted by molar-refractivity contribution is 0.0618. The van der Waals surface area contributed by atoms with Crippen LogP contribution in [0.3, 0.4) is 0 Å². The SMILES string of the molecule is O=C(c1ccco1)N(CCBr)C1CCCCC1. The van der Waals surface area contributed by atoms with Gasteiger partial charge in [-0.15, -0.1) is 0 Å². The third-order valence-electron chi connectivity index (χ3n) is 3.33. The van der Waals surface area contributed by atoms with Crippen molar-refractivity contribution >= 4 is 21.8 Å². The molecule has 0 aliphatic heterocycles. The fraction of sp³-hybridized carbons (Fsp3) is 0.615. The molecule has 0 spiro atoms. The lowest BCUT2D eigenvalue weighted by atomic mass is 9.94. The molecule has 0 unspecified atom stereocenters. The van der Waals surface area contributed by atoms with E-state index in [9.17, 15) is 4.79 Å². The van der Waals surface area contributed by atoms with Crippen LogP contribution in [0.25, 0.3) is 0 Å². The van der Waals surface area contributed by atoms with Crippen LogP contribution in [0.5, 0.6) is 0 Å². The molecule has 2 rings (SSSR count). The van der Waals surface area contributed by atoms with Gasteiger partial charge in [0.1, 0.15) is 0 Å². The number of hydrogen-bond donors (Lipinski definition) is 0. The maximum absolute atomic E-state index is 12.3. The van der Waals surface area contributed by atoms with Crippen molar-refractivity contribution in [1.82, 2.24) is 4.90 Å². The number of alkyl halides is 1. The first-order valence-electron chi connectivity index (χ1n) is 6.23. The van der Waals surface area contributed by atoms with Crippen LogP contribution in [0.2, 0.25) is 0 Å². The Morgan fingerprint density at radius 1 is 1.41 bits per heavy atom. The van der Waals surface area contributed by atoms with Crippen LogP contribution in [0.1, 0.15) is 42.7 Å². The Morgan fingerprint density at radius 3 is 2.76 bits per heavy atom. The third kappa shape index (κ3) is 3.12. The summed E-state index contributed by atoms with van der Waals surface area (Å²) >= 11 is 3.42. The molecule has 17 heavy (non-hydrogen) atoms. The largest absolute Gasteiger partial charge is 0.459 e. The standard InChI is InChI=1S/C13H18BrNO2/c14-8-9-15(11-5-2-1-3-6-11)13(16)12-7-4-10-17-12/h4,7,10-11H,1-3,5-6,8-9H2. The molecule has 1 amide bonds. The van der Waals surface area contributed by atoms with Crippen LogP contribution in [0, 0.1) is 0 Å². The van der Waals surface area contributed by atoms with Gasteiger partial charge in [-0.05, 0) is 25.0 Å². The van der Waals surface area contributed by atoms with Crippen LogP contribution in [-0.2, 0) is 0 Å². The first kappa shape index (κ1) is 12.7. The fourth-order valence-electron chi connectivity index (χ4n) is 2.48. The van der Waals surface area contributed by atoms with Gasteiger partial charge >= 0.3 is 0 Å². The quantitative estimate of drug-likeness (QED) is 0.798. The minimum Gasteiger partial charge on any atom is -0.459 e. The van der Waals surface area contributed by atoms with Crippen LogP contribution >= 0.6 is 15.9 Å². The Balaban J connectivity index is 2.07. The summed E-state index contributed by atoms with van der Waals surface area (Å²) in [5, 5.41) is 0.815. The first-order valence-corrected chi connectivity index (χ1v) is 7.35. The summed E-state index contributed by atoms with van der Waals surface area (Å²) in [6.45, 7) is 0.754. The highest BCUT2D eigenvalue weighted by atomic mass is 79.9. The van der Waals surface area contributed by atoms with Crippen molar-refractivity contribution in [2.75, 3.05) is 11.9 Å². The minimum absolute atomic E-state index is 0.0290. The zero-order valence-corrected chi connectivity index (χ0v) is 11.5. The van der Waals surface area contributed by atoms with E-state index in [1.54, 1.807) is 18.4 Å². The number of furan rings is 1. The zero-order valence-electron chi connectivity index (χ0n) is 9.90. The maximum Gasteiger partial charge on any atom is 0.289 e. The maximum atomic E-state index is 12.3. The van der Waals surface area contributed by atoms with E-state index in [2.05, 4.69) is 15.9 Å². The van der Waals surface area contributed by atoms with Crippen LogP contribution < -0.4 is 0 Å². The van der Waals surface area contributed by atoms with E-state index in [4.69, 9.17) is 4.42 Å². The highest BCUT2D eigenvalue weighted by Crippen LogP contribution is 2.24. The highest BCUT2D eigenvalue weighted by molar-refractivity contribution is 9.09. The van der Waals surface area contributed by atoms with E-state index in [0.717, 1.165) is 24.7 Å². The van der Waals surface area contributed by atoms with Gasteiger partial charge in [0.25, 0.3) is 5.91 Å². The average molecular weight is 300 g/mol. The molecule has 1 aromatic rings. The predicted molar refractivity (Wildman–Crippen MR) is 70.4 cm³/mol. The smallest absolute Gasteiger partial charge is 0.289 e. The summed E-state index contributed by atoms with van der Waals surface area (Å²) in [6.07, 6.45) is 7.57. The second-order valence-electron chi connectivity index (χ2n) is 4.46. The second kappa shape index (κ2) is 6.24. The molecule has 4 heteroatoms. The van der Waals surface area contributed by atoms with Gasteiger partial charge in [-0.3, -0.25) is 4.79 Å². The lowest BCUT2D eigenvalue weighted by Gasteiger charge is -2.33. The highest BCUT2D eigenvalue weighted by Gasteiger charge is 2.26. The van der Waals surface area contributed by atoms with Crippen molar-refractivity contribution in [2.24, 2.45) is 0 Å². The number of carbonyl (C=O) groups excluding carboxylic acids is 1. The predicted octanol–water partition coefficient (Wildman–Crippen LogP) is 3.45. The van der Waals surface area contributed by atoms with E-state index in [1.807, 2.05) is 4.90 Å². The first-order chi connectivity index (χ1) is 8.33. The molecule has 0 atom stereocenters. The number of hydrogen-bond acceptors (Lipinski definition) is 2. The van der Waals surface area contributed by atoms with Gasteiger partial charge in [0.15, 0.2) is 5.76 Å². The van der Waals surface area contributed by atoms with E-state index in [1.165, 1.54) is 19.3 Å². The van der Waals surface area contributed by atoms with Crippen LogP contribution in [0.4, 0.5) is 0 Å². The Morgan fingerprint density at radius 2 is 2.18 bits per heavy atom. The molecule has 1 aromatic heterocycles. The Labute approximate surface area is 110 Å². The fourth-order valence-corrected chi connectivity index (χ4v) is 2.86. The number of nitrogens with zero attached hydrogens (tertiary/aromatic N) is 1. The molecule has 94 valence electrons. The number of rotatable bonds is 4. The molecule has 3 nitrogen and oxygen atoms in total. The van der Waals surface area contributed by atoms with Crippen molar-refractivity contribution in [3.8, 4) is 0 Å². The van der Waals surface area contributed by atoms with Crippen LogP contribution in [-0.4, -0.2) is 28.7 Å². The Bertz CT molecular complexity index is 344. The summed E-state index contributed by atoms with van der Waals surface area (Å²) in [5.41, 5.74) is 0. The monoisotopic (exact) mass is 299 g/mol. The summed E-state index contributed by atoms with van der Waals surface area (Å²) in [4.78, 5) is 14.3. The van der Waals surface area contributed by atoms with Crippen molar-refractivity contribution < 1.29 is 9.21 Å². The minimum atomic E-state index is 0.0290. The lowest BCUT2D eigenvalue weighted by Crippen LogP contribution is -2.42. The van der Waals surface area contributed by atoms with Crippen LogP contribution in [0.15, 0.2) is 22.8 Å². The number of halogens is 1. The van der Waals surface area contributed by atoms with E-state index >= 15 is 0 Å². The van der Waals surface area contributed by atoms with E-state index in [0.29, 0.717) is 11.8 Å². The van der Waals surface area contributed by atoms with Gasteiger partial charge in [0, 0.05) is 17.9 Å². The molecule has 0 N–H and O–H groups in total. The second-order valence-corrected chi connectivity index (χ2v) is 5.25.